The van der Waals surface area contributed by atoms with Gasteiger partial charge in [-0.05, 0) is 49.9 Å². The highest BCUT2D eigenvalue weighted by molar-refractivity contribution is 5.74. The molecule has 2 aromatic rings. The molecule has 4 rings (SSSR count). The molecule has 1 fully saturated rings. The fourth-order valence-corrected chi connectivity index (χ4v) is 5.10. The van der Waals surface area contributed by atoms with Gasteiger partial charge in [0.1, 0.15) is 6.04 Å². The van der Waals surface area contributed by atoms with Gasteiger partial charge in [-0.1, -0.05) is 6.92 Å². The highest BCUT2D eigenvalue weighted by Gasteiger charge is 2.32. The van der Waals surface area contributed by atoms with Crippen molar-refractivity contribution in [3.8, 4) is 22.8 Å². The van der Waals surface area contributed by atoms with Crippen LogP contribution in [0.25, 0.3) is 11.3 Å². The summed E-state index contributed by atoms with van der Waals surface area (Å²) in [5.74, 6) is 0.521. The largest absolute Gasteiger partial charge is 0.493 e. The molecule has 8 heteroatoms. The van der Waals surface area contributed by atoms with Crippen LogP contribution in [0.4, 0.5) is 0 Å². The van der Waals surface area contributed by atoms with Crippen molar-refractivity contribution in [3.63, 3.8) is 0 Å². The fraction of sp³-hybridized carbons (Fsp3) is 0.538. The van der Waals surface area contributed by atoms with Crippen LogP contribution in [-0.4, -0.2) is 60.6 Å². The maximum absolute atomic E-state index is 13.1. The molecule has 3 heterocycles. The summed E-state index contributed by atoms with van der Waals surface area (Å²) in [6, 6.07) is 5.37. The van der Waals surface area contributed by atoms with E-state index in [0.29, 0.717) is 49.8 Å². The van der Waals surface area contributed by atoms with Gasteiger partial charge in [0.25, 0.3) is 0 Å². The van der Waals surface area contributed by atoms with Crippen molar-refractivity contribution in [2.75, 3.05) is 34.0 Å². The monoisotopic (exact) mass is 470 g/mol. The molecule has 0 amide bonds. The van der Waals surface area contributed by atoms with Crippen molar-refractivity contribution in [2.45, 2.75) is 57.7 Å². The average molecular weight is 471 g/mol. The lowest BCUT2D eigenvalue weighted by molar-refractivity contribution is -0.142. The van der Waals surface area contributed by atoms with Gasteiger partial charge in [-0.25, -0.2) is 0 Å². The highest BCUT2D eigenvalue weighted by atomic mass is 16.5. The smallest absolute Gasteiger partial charge is 0.320 e. The predicted octanol–water partition coefficient (Wildman–Crippen LogP) is 3.50. The fourth-order valence-electron chi connectivity index (χ4n) is 5.10. The van der Waals surface area contributed by atoms with Crippen LogP contribution in [0.5, 0.6) is 11.5 Å². The quantitative estimate of drug-likeness (QED) is 0.532. The van der Waals surface area contributed by atoms with Crippen LogP contribution in [0.15, 0.2) is 29.2 Å². The molecule has 1 N–H and O–H groups in total. The first-order chi connectivity index (χ1) is 16.5. The molecular formula is C26H34N2O6. The van der Waals surface area contributed by atoms with Crippen LogP contribution in [-0.2, 0) is 22.5 Å². The van der Waals surface area contributed by atoms with Crippen molar-refractivity contribution < 1.29 is 24.1 Å². The zero-order valence-electron chi connectivity index (χ0n) is 20.2. The van der Waals surface area contributed by atoms with Crippen LogP contribution in [0.3, 0.4) is 0 Å². The first-order valence-electron chi connectivity index (χ1n) is 12.0. The van der Waals surface area contributed by atoms with Crippen molar-refractivity contribution in [1.29, 1.82) is 0 Å². The van der Waals surface area contributed by atoms with Crippen molar-refractivity contribution in [1.82, 2.24) is 9.47 Å². The van der Waals surface area contributed by atoms with E-state index in [-0.39, 0.29) is 11.5 Å². The first-order valence-corrected chi connectivity index (χ1v) is 12.0. The minimum absolute atomic E-state index is 0.0659. The number of ether oxygens (including phenoxy) is 3. The maximum Gasteiger partial charge on any atom is 0.320 e. The van der Waals surface area contributed by atoms with Crippen LogP contribution in [0.2, 0.25) is 0 Å². The van der Waals surface area contributed by atoms with Crippen LogP contribution in [0.1, 0.15) is 49.8 Å². The number of nitrogens with zero attached hydrogens (tertiary/aromatic N) is 2. The van der Waals surface area contributed by atoms with E-state index in [0.717, 1.165) is 42.5 Å². The lowest BCUT2D eigenvalue weighted by Crippen LogP contribution is -2.37. The van der Waals surface area contributed by atoms with E-state index in [9.17, 15) is 14.7 Å². The molecule has 2 aliphatic rings. The number of carbonyl (C=O) groups is 1. The molecule has 0 bridgehead atoms. The minimum Gasteiger partial charge on any atom is -0.493 e. The van der Waals surface area contributed by atoms with Crippen LogP contribution in [0, 0.1) is 0 Å². The predicted molar refractivity (Wildman–Crippen MR) is 129 cm³/mol. The standard InChI is InChI=1S/C26H34N2O6/c1-4-19-11-17-12-25(34-10-6-9-32-2)24(33-3)13-20(17)22-14-23(29)18(16-28(19)22)15-27-8-5-7-21(27)26(30)31/h12-14,16,19,21H,4-11,15H2,1-3H3,(H,30,31). The van der Waals surface area contributed by atoms with Crippen LogP contribution >= 0.6 is 0 Å². The molecule has 1 aromatic heterocycles. The van der Waals surface area contributed by atoms with E-state index in [2.05, 4.69) is 11.5 Å². The van der Waals surface area contributed by atoms with E-state index in [1.807, 2.05) is 23.2 Å². The van der Waals surface area contributed by atoms with Gasteiger partial charge < -0.3 is 23.9 Å². The van der Waals surface area contributed by atoms with Gasteiger partial charge in [-0.2, -0.15) is 0 Å². The molecule has 0 saturated carbocycles. The normalized spacial score (nSPS) is 19.5. The summed E-state index contributed by atoms with van der Waals surface area (Å²) in [5.41, 5.74) is 3.54. The molecule has 0 spiro atoms. The third-order valence-corrected chi connectivity index (χ3v) is 6.92. The molecule has 0 aliphatic carbocycles. The van der Waals surface area contributed by atoms with Gasteiger partial charge in [-0.3, -0.25) is 14.5 Å². The third-order valence-electron chi connectivity index (χ3n) is 6.92. The average Bonchev–Trinajstić information content (AvgIpc) is 3.30. The number of hydrogen-bond acceptors (Lipinski definition) is 6. The molecule has 1 aromatic carbocycles. The number of likely N-dealkylation sites (tertiary alicyclic amines) is 1. The Morgan fingerprint density at radius 1 is 1.18 bits per heavy atom. The van der Waals surface area contributed by atoms with E-state index in [4.69, 9.17) is 14.2 Å². The summed E-state index contributed by atoms with van der Waals surface area (Å²) in [4.78, 5) is 26.6. The summed E-state index contributed by atoms with van der Waals surface area (Å²) in [5, 5.41) is 9.51. The second-order valence-electron chi connectivity index (χ2n) is 9.04. The van der Waals surface area contributed by atoms with Gasteiger partial charge in [0, 0.05) is 56.1 Å². The highest BCUT2D eigenvalue weighted by Crippen LogP contribution is 2.41. The molecule has 8 nitrogen and oxygen atoms in total. The number of hydrogen-bond donors (Lipinski definition) is 1. The Balaban J connectivity index is 1.68. The number of pyridine rings is 1. The van der Waals surface area contributed by atoms with E-state index in [1.54, 1.807) is 20.3 Å². The second kappa shape index (κ2) is 10.6. The lowest BCUT2D eigenvalue weighted by Gasteiger charge is -2.31. The number of rotatable bonds is 10. The van der Waals surface area contributed by atoms with Crippen LogP contribution < -0.4 is 14.9 Å². The second-order valence-corrected chi connectivity index (χ2v) is 9.04. The number of aromatic nitrogens is 1. The zero-order chi connectivity index (χ0) is 24.2. The third kappa shape index (κ3) is 4.83. The van der Waals surface area contributed by atoms with E-state index < -0.39 is 12.0 Å². The Bertz CT molecular complexity index is 1100. The number of methoxy groups -OCH3 is 2. The summed E-state index contributed by atoms with van der Waals surface area (Å²) in [6.45, 7) is 4.37. The molecule has 34 heavy (non-hydrogen) atoms. The minimum atomic E-state index is -0.816. The number of aliphatic carboxylic acids is 1. The van der Waals surface area contributed by atoms with Gasteiger partial charge >= 0.3 is 5.97 Å². The summed E-state index contributed by atoms with van der Waals surface area (Å²) < 4.78 is 18.9. The molecule has 2 unspecified atom stereocenters. The Morgan fingerprint density at radius 2 is 2.00 bits per heavy atom. The molecule has 2 atom stereocenters. The van der Waals surface area contributed by atoms with E-state index >= 15 is 0 Å². The molecule has 184 valence electrons. The maximum atomic E-state index is 13.1. The Labute approximate surface area is 200 Å². The van der Waals surface area contributed by atoms with Gasteiger partial charge in [0.15, 0.2) is 16.9 Å². The molecule has 1 saturated heterocycles. The Kier molecular flexibility index (Phi) is 7.58. The Morgan fingerprint density at radius 3 is 2.71 bits per heavy atom. The first kappa shape index (κ1) is 24.3. The zero-order valence-corrected chi connectivity index (χ0v) is 20.2. The Hall–Kier alpha value is -2.84. The number of benzene rings is 1. The summed E-state index contributed by atoms with van der Waals surface area (Å²) >= 11 is 0. The molecule has 0 radical (unpaired) electrons. The van der Waals surface area contributed by atoms with Gasteiger partial charge in [0.05, 0.1) is 19.4 Å². The number of carboxylic acids is 1. The topological polar surface area (TPSA) is 90.2 Å². The molecule has 2 aliphatic heterocycles. The van der Waals surface area contributed by atoms with Crippen molar-refractivity contribution >= 4 is 5.97 Å². The summed E-state index contributed by atoms with van der Waals surface area (Å²) in [6.07, 6.45) is 5.92. The number of fused-ring (bicyclic) bond motifs is 3. The van der Waals surface area contributed by atoms with Gasteiger partial charge in [-0.15, -0.1) is 0 Å². The SMILES string of the molecule is CCC1Cc2cc(OCCCOC)c(OC)cc2-c2cc(=O)c(CN3CCCC3C(=O)O)cn21. The lowest BCUT2D eigenvalue weighted by atomic mass is 9.90. The van der Waals surface area contributed by atoms with Crippen molar-refractivity contribution in [3.05, 3.63) is 45.7 Å². The van der Waals surface area contributed by atoms with E-state index in [1.165, 1.54) is 0 Å². The molecular weight excluding hydrogens is 436 g/mol. The van der Waals surface area contributed by atoms with Crippen molar-refractivity contribution in [2.24, 2.45) is 0 Å². The summed E-state index contributed by atoms with van der Waals surface area (Å²) in [7, 11) is 3.29. The van der Waals surface area contributed by atoms with Gasteiger partial charge in [0.2, 0.25) is 0 Å². The number of carboxylic acid groups (broad SMARTS) is 1.